The molecule has 0 fully saturated rings. The van der Waals surface area contributed by atoms with Gasteiger partial charge in [0.05, 0.1) is 30.0 Å². The van der Waals surface area contributed by atoms with Crippen molar-refractivity contribution in [2.45, 2.75) is 12.5 Å². The molecule has 2 aromatic heterocycles. The summed E-state index contributed by atoms with van der Waals surface area (Å²) in [5.41, 5.74) is 7.53. The van der Waals surface area contributed by atoms with Gasteiger partial charge < -0.3 is 19.6 Å². The van der Waals surface area contributed by atoms with E-state index in [1.54, 1.807) is 25.5 Å². The molecular formula is C13H12N4O3. The zero-order chi connectivity index (χ0) is 14.1. The molecule has 1 aliphatic rings. The van der Waals surface area contributed by atoms with E-state index in [0.717, 1.165) is 5.69 Å². The van der Waals surface area contributed by atoms with Crippen LogP contribution in [0.5, 0.6) is 5.88 Å². The number of nitriles is 1. The van der Waals surface area contributed by atoms with Crippen LogP contribution in [-0.4, -0.2) is 17.3 Å². The van der Waals surface area contributed by atoms with E-state index in [2.05, 4.69) is 16.3 Å². The lowest BCUT2D eigenvalue weighted by molar-refractivity contribution is 0.180. The van der Waals surface area contributed by atoms with Crippen LogP contribution in [0.3, 0.4) is 0 Å². The summed E-state index contributed by atoms with van der Waals surface area (Å²) in [5.74, 6) is 0.544. The van der Waals surface area contributed by atoms with Crippen molar-refractivity contribution in [3.8, 4) is 11.9 Å². The molecule has 0 saturated carbocycles. The van der Waals surface area contributed by atoms with Gasteiger partial charge in [0.25, 0.3) is 0 Å². The molecule has 0 aromatic carbocycles. The number of fused-ring (bicyclic) bond motifs is 1. The summed E-state index contributed by atoms with van der Waals surface area (Å²) < 4.78 is 15.9. The Morgan fingerprint density at radius 1 is 1.60 bits per heavy atom. The second kappa shape index (κ2) is 4.75. The SMILES string of the molecule is COCc1[nH]nc2c1C(c1ccco1)C(C#N)=C(N)O2. The number of nitrogens with one attached hydrogen (secondary N) is 1. The van der Waals surface area contributed by atoms with E-state index in [0.29, 0.717) is 29.4 Å². The maximum absolute atomic E-state index is 9.34. The average Bonchev–Trinajstić information content (AvgIpc) is 3.08. The third-order valence-corrected chi connectivity index (χ3v) is 3.13. The van der Waals surface area contributed by atoms with Gasteiger partial charge in [0.15, 0.2) is 0 Å². The van der Waals surface area contributed by atoms with Crippen molar-refractivity contribution >= 4 is 0 Å². The minimum absolute atomic E-state index is 0.0388. The summed E-state index contributed by atoms with van der Waals surface area (Å²) in [6.07, 6.45) is 1.55. The zero-order valence-electron chi connectivity index (χ0n) is 10.7. The fourth-order valence-electron chi connectivity index (χ4n) is 2.30. The van der Waals surface area contributed by atoms with Gasteiger partial charge in [0.2, 0.25) is 11.8 Å². The van der Waals surface area contributed by atoms with Crippen molar-refractivity contribution in [1.82, 2.24) is 10.2 Å². The standard InChI is InChI=1S/C13H12N4O3/c1-18-6-8-11-10(9-3-2-4-19-9)7(5-14)12(15)20-13(11)17-16-8/h2-4,10H,6,15H2,1H3,(H,16,17). The summed E-state index contributed by atoms with van der Waals surface area (Å²) in [4.78, 5) is 0. The first-order chi connectivity index (χ1) is 9.76. The highest BCUT2D eigenvalue weighted by Gasteiger charge is 2.36. The smallest absolute Gasteiger partial charge is 0.244 e. The second-order valence-corrected chi connectivity index (χ2v) is 4.29. The van der Waals surface area contributed by atoms with Crippen LogP contribution < -0.4 is 10.5 Å². The maximum Gasteiger partial charge on any atom is 0.244 e. The van der Waals surface area contributed by atoms with Gasteiger partial charge in [-0.05, 0) is 12.1 Å². The van der Waals surface area contributed by atoms with Crippen LogP contribution in [0.4, 0.5) is 0 Å². The van der Waals surface area contributed by atoms with Crippen LogP contribution in [0, 0.1) is 11.3 Å². The predicted molar refractivity (Wildman–Crippen MR) is 67.3 cm³/mol. The van der Waals surface area contributed by atoms with E-state index in [-0.39, 0.29) is 5.88 Å². The Morgan fingerprint density at radius 3 is 3.10 bits per heavy atom. The summed E-state index contributed by atoms with van der Waals surface area (Å²) in [6.45, 7) is 0.321. The number of allylic oxidation sites excluding steroid dienone is 1. The molecule has 3 N–H and O–H groups in total. The Balaban J connectivity index is 2.19. The van der Waals surface area contributed by atoms with E-state index in [9.17, 15) is 5.26 Å². The molecule has 0 saturated heterocycles. The normalized spacial score (nSPS) is 17.5. The van der Waals surface area contributed by atoms with Gasteiger partial charge in [0, 0.05) is 7.11 Å². The molecule has 1 aliphatic heterocycles. The highest BCUT2D eigenvalue weighted by atomic mass is 16.5. The van der Waals surface area contributed by atoms with Crippen molar-refractivity contribution in [3.05, 3.63) is 46.9 Å². The number of hydrogen-bond acceptors (Lipinski definition) is 6. The molecule has 3 heterocycles. The van der Waals surface area contributed by atoms with E-state index in [4.69, 9.17) is 19.6 Å². The summed E-state index contributed by atoms with van der Waals surface area (Å²) in [5, 5.41) is 16.2. The van der Waals surface area contributed by atoms with Crippen LogP contribution in [0.25, 0.3) is 0 Å². The Kier molecular flexibility index (Phi) is 2.93. The first kappa shape index (κ1) is 12.3. The highest BCUT2D eigenvalue weighted by Crippen LogP contribution is 2.42. The van der Waals surface area contributed by atoms with E-state index in [1.807, 2.05) is 0 Å². The monoisotopic (exact) mass is 272 g/mol. The fraction of sp³-hybridized carbons (Fsp3) is 0.231. The number of rotatable bonds is 3. The number of aromatic amines is 1. The van der Waals surface area contributed by atoms with E-state index < -0.39 is 5.92 Å². The minimum atomic E-state index is -0.442. The topological polar surface area (TPSA) is 110 Å². The molecule has 102 valence electrons. The van der Waals surface area contributed by atoms with Crippen LogP contribution in [-0.2, 0) is 11.3 Å². The molecule has 0 amide bonds. The van der Waals surface area contributed by atoms with Gasteiger partial charge in [-0.1, -0.05) is 0 Å². The number of aromatic nitrogens is 2. The largest absolute Gasteiger partial charge is 0.468 e. The number of hydrogen-bond donors (Lipinski definition) is 2. The first-order valence-electron chi connectivity index (χ1n) is 5.93. The number of ether oxygens (including phenoxy) is 2. The first-order valence-corrected chi connectivity index (χ1v) is 5.93. The van der Waals surface area contributed by atoms with Gasteiger partial charge >= 0.3 is 0 Å². The highest BCUT2D eigenvalue weighted by molar-refractivity contribution is 5.53. The van der Waals surface area contributed by atoms with Crippen molar-refractivity contribution in [2.24, 2.45) is 5.73 Å². The number of furan rings is 1. The lowest BCUT2D eigenvalue weighted by atomic mass is 9.88. The van der Waals surface area contributed by atoms with Gasteiger partial charge in [-0.25, -0.2) is 0 Å². The van der Waals surface area contributed by atoms with Gasteiger partial charge in [-0.3, -0.25) is 5.10 Å². The number of nitrogens with two attached hydrogens (primary N) is 1. The molecule has 0 aliphatic carbocycles. The van der Waals surface area contributed by atoms with Crippen LogP contribution in [0.1, 0.15) is 22.9 Å². The number of nitrogens with zero attached hydrogens (tertiary/aromatic N) is 2. The summed E-state index contributed by atoms with van der Waals surface area (Å²) in [7, 11) is 1.58. The van der Waals surface area contributed by atoms with E-state index >= 15 is 0 Å². The fourth-order valence-corrected chi connectivity index (χ4v) is 2.30. The molecule has 2 aromatic rings. The Labute approximate surface area is 114 Å². The van der Waals surface area contributed by atoms with Gasteiger partial charge in [0.1, 0.15) is 17.4 Å². The molecule has 0 bridgehead atoms. The van der Waals surface area contributed by atoms with Crippen molar-refractivity contribution in [1.29, 1.82) is 5.26 Å². The predicted octanol–water partition coefficient (Wildman–Crippen LogP) is 1.37. The average molecular weight is 272 g/mol. The molecule has 0 radical (unpaired) electrons. The van der Waals surface area contributed by atoms with Crippen LogP contribution in [0.2, 0.25) is 0 Å². The number of H-pyrrole nitrogens is 1. The Hall–Kier alpha value is -2.72. The number of methoxy groups -OCH3 is 1. The van der Waals surface area contributed by atoms with E-state index in [1.165, 1.54) is 0 Å². The molecule has 1 unspecified atom stereocenters. The van der Waals surface area contributed by atoms with Crippen LogP contribution in [0.15, 0.2) is 34.3 Å². The minimum Gasteiger partial charge on any atom is -0.468 e. The lowest BCUT2D eigenvalue weighted by Gasteiger charge is -2.21. The van der Waals surface area contributed by atoms with Crippen molar-refractivity contribution in [3.63, 3.8) is 0 Å². The molecule has 7 heteroatoms. The third kappa shape index (κ3) is 1.74. The van der Waals surface area contributed by atoms with Crippen LogP contribution >= 0.6 is 0 Å². The maximum atomic E-state index is 9.34. The summed E-state index contributed by atoms with van der Waals surface area (Å²) >= 11 is 0. The molecule has 3 rings (SSSR count). The lowest BCUT2D eigenvalue weighted by Crippen LogP contribution is -2.21. The van der Waals surface area contributed by atoms with Crippen molar-refractivity contribution < 1.29 is 13.9 Å². The molecule has 7 nitrogen and oxygen atoms in total. The zero-order valence-corrected chi connectivity index (χ0v) is 10.7. The molecular weight excluding hydrogens is 260 g/mol. The third-order valence-electron chi connectivity index (χ3n) is 3.13. The molecule has 0 spiro atoms. The van der Waals surface area contributed by atoms with Crippen molar-refractivity contribution in [2.75, 3.05) is 7.11 Å². The Morgan fingerprint density at radius 2 is 2.45 bits per heavy atom. The molecule has 1 atom stereocenters. The second-order valence-electron chi connectivity index (χ2n) is 4.29. The van der Waals surface area contributed by atoms with Gasteiger partial charge in [-0.15, -0.1) is 5.10 Å². The Bertz CT molecular complexity index is 694. The summed E-state index contributed by atoms with van der Waals surface area (Å²) in [6, 6.07) is 5.62. The quantitative estimate of drug-likeness (QED) is 0.873. The van der Waals surface area contributed by atoms with Gasteiger partial charge in [-0.2, -0.15) is 5.26 Å². The molecule has 20 heavy (non-hydrogen) atoms.